The molecule has 0 radical (unpaired) electrons. The van der Waals surface area contributed by atoms with E-state index < -0.39 is 5.92 Å². The van der Waals surface area contributed by atoms with E-state index in [2.05, 4.69) is 27.7 Å². The van der Waals surface area contributed by atoms with Crippen LogP contribution in [0.4, 0.5) is 8.78 Å². The maximum atomic E-state index is 12.3. The largest absolute Gasteiger partial charge is 0.248 e. The van der Waals surface area contributed by atoms with Gasteiger partial charge in [-0.3, -0.25) is 0 Å². The predicted molar refractivity (Wildman–Crippen MR) is 78.5 cm³/mol. The maximum Gasteiger partial charge on any atom is 0.248 e. The van der Waals surface area contributed by atoms with Gasteiger partial charge >= 0.3 is 0 Å². The van der Waals surface area contributed by atoms with Crippen molar-refractivity contribution in [2.24, 2.45) is 28.6 Å². The third kappa shape index (κ3) is 5.04. The molecule has 0 aliphatic heterocycles. The molecule has 0 nitrogen and oxygen atoms in total. The zero-order valence-corrected chi connectivity index (χ0v) is 13.8. The highest BCUT2D eigenvalue weighted by atomic mass is 19.3. The monoisotopic (exact) mass is 274 g/mol. The van der Waals surface area contributed by atoms with Crippen molar-refractivity contribution in [3.05, 3.63) is 0 Å². The summed E-state index contributed by atoms with van der Waals surface area (Å²) in [6.07, 6.45) is 3.11. The topological polar surface area (TPSA) is 0 Å². The van der Waals surface area contributed by atoms with Gasteiger partial charge in [0.15, 0.2) is 0 Å². The Hall–Kier alpha value is -0.140. The summed E-state index contributed by atoms with van der Waals surface area (Å²) in [4.78, 5) is 0. The average Bonchev–Trinajstić information content (AvgIpc) is 2.07. The van der Waals surface area contributed by atoms with E-state index in [0.717, 1.165) is 11.8 Å². The normalized spacial score (nSPS) is 30.8. The van der Waals surface area contributed by atoms with Crippen LogP contribution in [0.1, 0.15) is 74.1 Å². The Morgan fingerprint density at radius 3 is 1.26 bits per heavy atom. The van der Waals surface area contributed by atoms with E-state index in [1.807, 2.05) is 20.8 Å². The lowest BCUT2D eigenvalue weighted by atomic mass is 9.64. The summed E-state index contributed by atoms with van der Waals surface area (Å²) >= 11 is 0. The Labute approximate surface area is 118 Å². The minimum atomic E-state index is -2.35. The number of halogens is 2. The highest BCUT2D eigenvalue weighted by Gasteiger charge is 2.49. The van der Waals surface area contributed by atoms with Gasteiger partial charge in [-0.05, 0) is 41.4 Å². The van der Waals surface area contributed by atoms with Gasteiger partial charge in [0.05, 0.1) is 0 Å². The van der Waals surface area contributed by atoms with Crippen molar-refractivity contribution in [1.29, 1.82) is 0 Å². The van der Waals surface area contributed by atoms with Gasteiger partial charge in [0.25, 0.3) is 0 Å². The van der Waals surface area contributed by atoms with Crippen LogP contribution in [0.5, 0.6) is 0 Å². The molecule has 2 aliphatic rings. The lowest BCUT2D eigenvalue weighted by Gasteiger charge is -2.43. The first kappa shape index (κ1) is 16.9. The minimum Gasteiger partial charge on any atom is -0.207 e. The molecule has 0 atom stereocenters. The Kier molecular flexibility index (Phi) is 4.75. The van der Waals surface area contributed by atoms with Crippen LogP contribution in [0.2, 0.25) is 0 Å². The zero-order valence-electron chi connectivity index (χ0n) is 13.8. The quantitative estimate of drug-likeness (QED) is 0.496. The number of hydrogen-bond acceptors (Lipinski definition) is 0. The fourth-order valence-electron chi connectivity index (χ4n) is 2.88. The second kappa shape index (κ2) is 5.33. The molecule has 2 saturated carbocycles. The molecule has 0 N–H and O–H groups in total. The maximum absolute atomic E-state index is 12.3. The van der Waals surface area contributed by atoms with Crippen LogP contribution in [-0.2, 0) is 0 Å². The predicted octanol–water partition coefficient (Wildman–Crippen LogP) is 6.16. The summed E-state index contributed by atoms with van der Waals surface area (Å²) in [5.74, 6) is -0.109. The first-order valence-corrected chi connectivity index (χ1v) is 7.69. The third-order valence-corrected chi connectivity index (χ3v) is 4.91. The van der Waals surface area contributed by atoms with E-state index >= 15 is 0 Å². The van der Waals surface area contributed by atoms with E-state index in [9.17, 15) is 8.78 Å². The molecule has 0 aromatic rings. The molecule has 19 heavy (non-hydrogen) atoms. The van der Waals surface area contributed by atoms with E-state index in [4.69, 9.17) is 0 Å². The average molecular weight is 274 g/mol. The molecule has 2 fully saturated rings. The summed E-state index contributed by atoms with van der Waals surface area (Å²) in [6.45, 7) is 15.5. The summed E-state index contributed by atoms with van der Waals surface area (Å²) < 4.78 is 24.6. The summed E-state index contributed by atoms with van der Waals surface area (Å²) in [5, 5.41) is 0. The molecular weight excluding hydrogens is 242 g/mol. The molecule has 0 aromatic carbocycles. The van der Waals surface area contributed by atoms with Gasteiger partial charge in [0.1, 0.15) is 0 Å². The second-order valence-corrected chi connectivity index (χ2v) is 8.97. The molecule has 0 amide bonds. The molecule has 2 heteroatoms. The van der Waals surface area contributed by atoms with Crippen molar-refractivity contribution >= 4 is 0 Å². The van der Waals surface area contributed by atoms with Crippen molar-refractivity contribution < 1.29 is 8.78 Å². The fraction of sp³-hybridized carbons (Fsp3) is 1.00. The Morgan fingerprint density at radius 1 is 0.789 bits per heavy atom. The molecule has 114 valence electrons. The van der Waals surface area contributed by atoms with Crippen LogP contribution < -0.4 is 0 Å². The molecule has 0 spiro atoms. The molecule has 2 aliphatic carbocycles. The van der Waals surface area contributed by atoms with Crippen molar-refractivity contribution in [2.75, 3.05) is 0 Å². The number of hydrogen-bond donors (Lipinski definition) is 0. The minimum absolute atomic E-state index is 0.0711. The molecule has 0 heterocycles. The van der Waals surface area contributed by atoms with Gasteiger partial charge in [-0.1, -0.05) is 48.5 Å². The smallest absolute Gasteiger partial charge is 0.207 e. The Balaban J connectivity index is 0.000000191. The van der Waals surface area contributed by atoms with Crippen LogP contribution in [0.3, 0.4) is 0 Å². The van der Waals surface area contributed by atoms with E-state index in [1.165, 1.54) is 12.8 Å². The Morgan fingerprint density at radius 2 is 1.16 bits per heavy atom. The van der Waals surface area contributed by atoms with Crippen LogP contribution in [0, 0.1) is 28.6 Å². The summed E-state index contributed by atoms with van der Waals surface area (Å²) in [7, 11) is 0. The molecular formula is C17H32F2. The molecule has 0 bridgehead atoms. The molecule has 0 saturated heterocycles. The van der Waals surface area contributed by atoms with Crippen LogP contribution >= 0.6 is 0 Å². The van der Waals surface area contributed by atoms with Crippen molar-refractivity contribution in [1.82, 2.24) is 0 Å². The van der Waals surface area contributed by atoms with Gasteiger partial charge < -0.3 is 0 Å². The lowest BCUT2D eigenvalue weighted by molar-refractivity contribution is -0.138. The van der Waals surface area contributed by atoms with Crippen LogP contribution in [0.15, 0.2) is 0 Å². The number of rotatable bonds is 0. The van der Waals surface area contributed by atoms with Gasteiger partial charge in [-0.2, -0.15) is 0 Å². The Bertz CT molecular complexity index is 279. The zero-order chi connectivity index (χ0) is 15.1. The lowest BCUT2D eigenvalue weighted by Crippen LogP contribution is -2.42. The summed E-state index contributed by atoms with van der Waals surface area (Å²) in [6, 6.07) is 0. The third-order valence-electron chi connectivity index (χ3n) is 4.91. The highest BCUT2D eigenvalue weighted by molar-refractivity contribution is 4.92. The van der Waals surface area contributed by atoms with E-state index in [0.29, 0.717) is 5.41 Å². The van der Waals surface area contributed by atoms with E-state index in [-0.39, 0.29) is 24.2 Å². The van der Waals surface area contributed by atoms with Crippen molar-refractivity contribution in [3.63, 3.8) is 0 Å². The number of alkyl halides is 2. The van der Waals surface area contributed by atoms with Crippen molar-refractivity contribution in [2.45, 2.75) is 80.1 Å². The summed E-state index contributed by atoms with van der Waals surface area (Å²) in [5.41, 5.74) is 0.647. The standard InChI is InChI=1S/C9H18.C8H14F2/c1-7-5-8(6-7)9(2,3)4;1-7(2,3)6-4-8(9,10)5-6/h7-8H,5-6H2,1-4H3;6H,4-5H2,1-3H3. The first-order valence-electron chi connectivity index (χ1n) is 7.69. The van der Waals surface area contributed by atoms with Gasteiger partial charge in [-0.15, -0.1) is 0 Å². The van der Waals surface area contributed by atoms with Gasteiger partial charge in [-0.25, -0.2) is 8.78 Å². The van der Waals surface area contributed by atoms with Gasteiger partial charge in [0.2, 0.25) is 5.92 Å². The highest BCUT2D eigenvalue weighted by Crippen LogP contribution is 2.50. The van der Waals surface area contributed by atoms with Crippen molar-refractivity contribution in [3.8, 4) is 0 Å². The first-order chi connectivity index (χ1) is 8.31. The molecule has 2 rings (SSSR count). The van der Waals surface area contributed by atoms with Crippen LogP contribution in [0.25, 0.3) is 0 Å². The van der Waals surface area contributed by atoms with Crippen LogP contribution in [-0.4, -0.2) is 5.92 Å². The van der Waals surface area contributed by atoms with E-state index in [1.54, 1.807) is 0 Å². The molecule has 0 aromatic heterocycles. The molecule has 0 unspecified atom stereocenters. The van der Waals surface area contributed by atoms with Gasteiger partial charge in [0, 0.05) is 12.8 Å². The second-order valence-electron chi connectivity index (χ2n) is 8.97. The SMILES string of the molecule is CC(C)(C)C1CC(F)(F)C1.CC1CC(C(C)(C)C)C1. The fourth-order valence-corrected chi connectivity index (χ4v) is 2.88.